The van der Waals surface area contributed by atoms with Crippen molar-refractivity contribution in [3.8, 4) is 0 Å². The number of benzene rings is 1. The fourth-order valence-corrected chi connectivity index (χ4v) is 4.03. The van der Waals surface area contributed by atoms with E-state index in [0.717, 1.165) is 19.6 Å². The minimum atomic E-state index is 0. The molecule has 0 spiro atoms. The Balaban J connectivity index is 0.00000192. The molecule has 3 nitrogen and oxygen atoms in total. The van der Waals surface area contributed by atoms with Gasteiger partial charge in [-0.15, -0.1) is 23.7 Å². The summed E-state index contributed by atoms with van der Waals surface area (Å²) in [6.07, 6.45) is 2.03. The number of nitrogens with zero attached hydrogens (tertiary/aromatic N) is 2. The Morgan fingerprint density at radius 3 is 2.52 bits per heavy atom. The highest BCUT2D eigenvalue weighted by Crippen LogP contribution is 2.31. The number of thiazole rings is 1. The third-order valence-electron chi connectivity index (χ3n) is 4.32. The molecule has 23 heavy (non-hydrogen) atoms. The lowest BCUT2D eigenvalue weighted by atomic mass is 9.95. The molecule has 1 aliphatic rings. The second-order valence-corrected chi connectivity index (χ2v) is 8.36. The zero-order valence-corrected chi connectivity index (χ0v) is 15.7. The van der Waals surface area contributed by atoms with Crippen molar-refractivity contribution < 1.29 is 0 Å². The molecule has 1 aromatic heterocycles. The summed E-state index contributed by atoms with van der Waals surface area (Å²) in [5.41, 5.74) is 7.91. The van der Waals surface area contributed by atoms with Crippen LogP contribution in [0.4, 0.5) is 0 Å². The van der Waals surface area contributed by atoms with Gasteiger partial charge in [-0.05, 0) is 11.0 Å². The van der Waals surface area contributed by atoms with E-state index in [1.54, 1.807) is 0 Å². The van der Waals surface area contributed by atoms with Crippen LogP contribution in [0.5, 0.6) is 0 Å². The molecule has 1 fully saturated rings. The molecule has 0 saturated carbocycles. The maximum Gasteiger partial charge on any atom is 0.107 e. The number of hydrogen-bond donors (Lipinski definition) is 1. The monoisotopic (exact) mass is 351 g/mol. The topological polar surface area (TPSA) is 42.2 Å². The quantitative estimate of drug-likeness (QED) is 0.914. The van der Waals surface area contributed by atoms with E-state index in [1.807, 2.05) is 17.5 Å². The molecule has 126 valence electrons. The Kier molecular flexibility index (Phi) is 5.84. The van der Waals surface area contributed by atoms with Gasteiger partial charge in [0.05, 0.1) is 6.54 Å². The summed E-state index contributed by atoms with van der Waals surface area (Å²) in [7, 11) is 0. The predicted octanol–water partition coefficient (Wildman–Crippen LogP) is 3.79. The van der Waals surface area contributed by atoms with E-state index in [2.05, 4.69) is 61.0 Å². The van der Waals surface area contributed by atoms with Gasteiger partial charge in [-0.1, -0.05) is 51.1 Å². The number of aromatic nitrogens is 1. The van der Waals surface area contributed by atoms with Crippen molar-refractivity contribution in [2.75, 3.05) is 13.1 Å². The zero-order valence-electron chi connectivity index (χ0n) is 14.0. The lowest BCUT2D eigenvalue weighted by molar-refractivity contribution is 0.323. The average molecular weight is 352 g/mol. The molecule has 2 aromatic rings. The molecule has 0 aliphatic carbocycles. The molecule has 0 amide bonds. The second kappa shape index (κ2) is 7.31. The van der Waals surface area contributed by atoms with E-state index >= 15 is 0 Å². The van der Waals surface area contributed by atoms with Crippen LogP contribution < -0.4 is 5.73 Å². The van der Waals surface area contributed by atoms with E-state index < -0.39 is 0 Å². The third-order valence-corrected chi connectivity index (χ3v) is 5.73. The van der Waals surface area contributed by atoms with Gasteiger partial charge in [0.2, 0.25) is 0 Å². The van der Waals surface area contributed by atoms with Crippen LogP contribution in [0.25, 0.3) is 0 Å². The Hall–Kier alpha value is -0.940. The molecule has 1 aromatic carbocycles. The van der Waals surface area contributed by atoms with Crippen LogP contribution in [-0.4, -0.2) is 29.0 Å². The van der Waals surface area contributed by atoms with Crippen LogP contribution in [0.15, 0.2) is 36.5 Å². The van der Waals surface area contributed by atoms with Crippen LogP contribution in [0.2, 0.25) is 0 Å². The second-order valence-electron chi connectivity index (χ2n) is 7.24. The Morgan fingerprint density at radius 1 is 1.22 bits per heavy atom. The van der Waals surface area contributed by atoms with Crippen LogP contribution >= 0.6 is 23.7 Å². The first-order valence-electron chi connectivity index (χ1n) is 7.91. The summed E-state index contributed by atoms with van der Waals surface area (Å²) < 4.78 is 0. The maximum absolute atomic E-state index is 6.37. The molecular formula is C18H26ClN3S. The highest BCUT2D eigenvalue weighted by Gasteiger charge is 2.31. The number of rotatable bonds is 3. The van der Waals surface area contributed by atoms with Gasteiger partial charge in [0.1, 0.15) is 5.01 Å². The standard InChI is InChI=1S/C18H25N3S.ClH/c1-18(2,3)16-9-20-17(22-16)12-21-10-14(15(19)11-21)13-7-5-4-6-8-13;/h4-9,14-15H,10-12,19H2,1-3H3;1H/t14-,15+;/m0./s1. The number of likely N-dealkylation sites (tertiary alicyclic amines) is 1. The van der Waals surface area contributed by atoms with Crippen molar-refractivity contribution in [2.45, 2.75) is 44.7 Å². The summed E-state index contributed by atoms with van der Waals surface area (Å²) in [6.45, 7) is 9.60. The van der Waals surface area contributed by atoms with Crippen molar-refractivity contribution in [1.29, 1.82) is 0 Å². The minimum Gasteiger partial charge on any atom is -0.326 e. The molecule has 5 heteroatoms. The molecular weight excluding hydrogens is 326 g/mol. The SMILES string of the molecule is CC(C)(C)c1cnc(CN2C[C@@H](N)[C@H](c3ccccc3)C2)s1.Cl. The van der Waals surface area contributed by atoms with Gasteiger partial charge in [0, 0.05) is 36.1 Å². The van der Waals surface area contributed by atoms with Crippen molar-refractivity contribution in [3.05, 3.63) is 52.0 Å². The van der Waals surface area contributed by atoms with Crippen LogP contribution in [0.3, 0.4) is 0 Å². The maximum atomic E-state index is 6.37. The largest absolute Gasteiger partial charge is 0.326 e. The molecule has 1 aliphatic heterocycles. The average Bonchev–Trinajstić information content (AvgIpc) is 3.07. The van der Waals surface area contributed by atoms with Crippen LogP contribution in [0.1, 0.15) is 42.1 Å². The fourth-order valence-electron chi connectivity index (χ4n) is 3.02. The van der Waals surface area contributed by atoms with Gasteiger partial charge in [0.25, 0.3) is 0 Å². The van der Waals surface area contributed by atoms with Gasteiger partial charge < -0.3 is 5.73 Å². The van der Waals surface area contributed by atoms with E-state index in [1.165, 1.54) is 15.4 Å². The summed E-state index contributed by atoms with van der Waals surface area (Å²) in [4.78, 5) is 8.40. The van der Waals surface area contributed by atoms with Gasteiger partial charge >= 0.3 is 0 Å². The summed E-state index contributed by atoms with van der Waals surface area (Å²) >= 11 is 1.83. The molecule has 0 radical (unpaired) electrons. The van der Waals surface area contributed by atoms with E-state index in [9.17, 15) is 0 Å². The van der Waals surface area contributed by atoms with Crippen molar-refractivity contribution in [3.63, 3.8) is 0 Å². The number of halogens is 1. The number of nitrogens with two attached hydrogens (primary N) is 1. The Labute approximate surface area is 149 Å². The molecule has 0 unspecified atom stereocenters. The molecule has 0 bridgehead atoms. The third kappa shape index (κ3) is 4.32. The van der Waals surface area contributed by atoms with Gasteiger partial charge in [-0.25, -0.2) is 4.98 Å². The van der Waals surface area contributed by atoms with Gasteiger partial charge in [0.15, 0.2) is 0 Å². The Morgan fingerprint density at radius 2 is 1.91 bits per heavy atom. The first kappa shape index (κ1) is 18.4. The highest BCUT2D eigenvalue weighted by molar-refractivity contribution is 7.11. The lowest BCUT2D eigenvalue weighted by Gasteiger charge is -2.16. The summed E-state index contributed by atoms with van der Waals surface area (Å²) in [5.74, 6) is 0.434. The molecule has 2 N–H and O–H groups in total. The first-order valence-corrected chi connectivity index (χ1v) is 8.73. The van der Waals surface area contributed by atoms with Gasteiger partial charge in [-0.2, -0.15) is 0 Å². The first-order chi connectivity index (χ1) is 10.4. The predicted molar refractivity (Wildman–Crippen MR) is 100 cm³/mol. The molecule has 2 heterocycles. The summed E-state index contributed by atoms with van der Waals surface area (Å²) in [5, 5.41) is 1.20. The summed E-state index contributed by atoms with van der Waals surface area (Å²) in [6, 6.07) is 10.8. The molecule has 2 atom stereocenters. The molecule has 1 saturated heterocycles. The normalized spacial score (nSPS) is 22.1. The highest BCUT2D eigenvalue weighted by atomic mass is 35.5. The van der Waals surface area contributed by atoms with Crippen molar-refractivity contribution in [2.24, 2.45) is 5.73 Å². The Bertz CT molecular complexity index is 621. The number of hydrogen-bond acceptors (Lipinski definition) is 4. The van der Waals surface area contributed by atoms with Crippen LogP contribution in [0, 0.1) is 0 Å². The molecule has 3 rings (SSSR count). The minimum absolute atomic E-state index is 0. The van der Waals surface area contributed by atoms with Crippen LogP contribution in [-0.2, 0) is 12.0 Å². The van der Waals surface area contributed by atoms with Crippen molar-refractivity contribution >= 4 is 23.7 Å². The zero-order chi connectivity index (χ0) is 15.7. The fraction of sp³-hybridized carbons (Fsp3) is 0.500. The van der Waals surface area contributed by atoms with Crippen molar-refractivity contribution in [1.82, 2.24) is 9.88 Å². The smallest absolute Gasteiger partial charge is 0.107 e. The van der Waals surface area contributed by atoms with E-state index in [4.69, 9.17) is 5.73 Å². The lowest BCUT2D eigenvalue weighted by Crippen LogP contribution is -2.28. The van der Waals surface area contributed by atoms with E-state index in [-0.39, 0.29) is 23.9 Å². The van der Waals surface area contributed by atoms with E-state index in [0.29, 0.717) is 5.92 Å². The van der Waals surface area contributed by atoms with Gasteiger partial charge in [-0.3, -0.25) is 4.90 Å².